The standard InChI is InChI=1S/C14H18FN3O/c1-14(2,3)16-9-13-18-17-12(19-13)8-10-4-6-11(15)7-5-10/h4-7,16H,8-9H2,1-3H3. The van der Waals surface area contributed by atoms with Crippen LogP contribution < -0.4 is 5.32 Å². The van der Waals surface area contributed by atoms with E-state index >= 15 is 0 Å². The normalized spacial score (nSPS) is 11.8. The number of hydrogen-bond donors (Lipinski definition) is 1. The van der Waals surface area contributed by atoms with Crippen LogP contribution in [0.1, 0.15) is 38.1 Å². The zero-order valence-electron chi connectivity index (χ0n) is 11.4. The number of halogens is 1. The summed E-state index contributed by atoms with van der Waals surface area (Å²) >= 11 is 0. The zero-order chi connectivity index (χ0) is 13.9. The lowest BCUT2D eigenvalue weighted by Crippen LogP contribution is -2.35. The lowest BCUT2D eigenvalue weighted by Gasteiger charge is -2.18. The first kappa shape index (κ1) is 13.7. The molecule has 2 aromatic rings. The molecule has 0 saturated carbocycles. The molecule has 0 radical (unpaired) electrons. The van der Waals surface area contributed by atoms with Gasteiger partial charge in [-0.25, -0.2) is 4.39 Å². The van der Waals surface area contributed by atoms with Gasteiger partial charge in [0.2, 0.25) is 11.8 Å². The van der Waals surface area contributed by atoms with Crippen molar-refractivity contribution in [2.45, 2.75) is 39.3 Å². The van der Waals surface area contributed by atoms with E-state index in [4.69, 9.17) is 4.42 Å². The van der Waals surface area contributed by atoms with Crippen LogP contribution in [0.3, 0.4) is 0 Å². The van der Waals surface area contributed by atoms with Gasteiger partial charge in [0.25, 0.3) is 0 Å². The van der Waals surface area contributed by atoms with Gasteiger partial charge < -0.3 is 9.73 Å². The molecule has 0 aliphatic carbocycles. The zero-order valence-corrected chi connectivity index (χ0v) is 11.4. The summed E-state index contributed by atoms with van der Waals surface area (Å²) in [6.07, 6.45) is 0.517. The fourth-order valence-electron chi connectivity index (χ4n) is 1.55. The molecule has 5 heteroatoms. The van der Waals surface area contributed by atoms with Gasteiger partial charge in [-0.2, -0.15) is 0 Å². The van der Waals surface area contributed by atoms with Crippen LogP contribution in [0.25, 0.3) is 0 Å². The highest BCUT2D eigenvalue weighted by molar-refractivity contribution is 5.18. The second-order valence-electron chi connectivity index (χ2n) is 5.50. The molecule has 19 heavy (non-hydrogen) atoms. The molecule has 0 spiro atoms. The summed E-state index contributed by atoms with van der Waals surface area (Å²) in [6.45, 7) is 6.76. The molecule has 1 heterocycles. The van der Waals surface area contributed by atoms with Crippen molar-refractivity contribution in [3.63, 3.8) is 0 Å². The van der Waals surface area contributed by atoms with Crippen molar-refractivity contribution in [1.82, 2.24) is 15.5 Å². The molecule has 0 bridgehead atoms. The third-order valence-electron chi connectivity index (χ3n) is 2.55. The molecule has 2 rings (SSSR count). The largest absolute Gasteiger partial charge is 0.424 e. The van der Waals surface area contributed by atoms with Crippen LogP contribution in [0.4, 0.5) is 4.39 Å². The van der Waals surface area contributed by atoms with Crippen molar-refractivity contribution in [2.24, 2.45) is 0 Å². The Labute approximate surface area is 112 Å². The van der Waals surface area contributed by atoms with E-state index < -0.39 is 0 Å². The number of nitrogens with zero attached hydrogens (tertiary/aromatic N) is 2. The Morgan fingerprint density at radius 2 is 1.74 bits per heavy atom. The smallest absolute Gasteiger partial charge is 0.230 e. The van der Waals surface area contributed by atoms with Gasteiger partial charge in [0.15, 0.2) is 0 Å². The van der Waals surface area contributed by atoms with E-state index in [-0.39, 0.29) is 11.4 Å². The van der Waals surface area contributed by atoms with E-state index in [0.717, 1.165) is 5.56 Å². The maximum absolute atomic E-state index is 12.8. The molecule has 0 amide bonds. The highest BCUT2D eigenvalue weighted by atomic mass is 19.1. The van der Waals surface area contributed by atoms with Gasteiger partial charge in [0.1, 0.15) is 5.82 Å². The Morgan fingerprint density at radius 3 is 2.37 bits per heavy atom. The summed E-state index contributed by atoms with van der Waals surface area (Å²) in [7, 11) is 0. The molecule has 0 saturated heterocycles. The summed E-state index contributed by atoms with van der Waals surface area (Å²) in [6, 6.07) is 6.28. The number of aromatic nitrogens is 2. The van der Waals surface area contributed by atoms with E-state index in [9.17, 15) is 4.39 Å². The van der Waals surface area contributed by atoms with Crippen LogP contribution in [0.5, 0.6) is 0 Å². The van der Waals surface area contributed by atoms with Crippen LogP contribution in [-0.4, -0.2) is 15.7 Å². The van der Waals surface area contributed by atoms with Crippen LogP contribution >= 0.6 is 0 Å². The summed E-state index contributed by atoms with van der Waals surface area (Å²) in [5.41, 5.74) is 0.950. The van der Waals surface area contributed by atoms with Gasteiger partial charge in [-0.05, 0) is 38.5 Å². The average Bonchev–Trinajstić information content (AvgIpc) is 2.77. The molecule has 4 nitrogen and oxygen atoms in total. The van der Waals surface area contributed by atoms with Crippen LogP contribution in [-0.2, 0) is 13.0 Å². The number of hydrogen-bond acceptors (Lipinski definition) is 4. The number of nitrogens with one attached hydrogen (secondary N) is 1. The van der Waals surface area contributed by atoms with E-state index in [0.29, 0.717) is 24.7 Å². The van der Waals surface area contributed by atoms with Crippen molar-refractivity contribution >= 4 is 0 Å². The third-order valence-corrected chi connectivity index (χ3v) is 2.55. The molecular weight excluding hydrogens is 245 g/mol. The topological polar surface area (TPSA) is 51.0 Å². The first-order chi connectivity index (χ1) is 8.92. The monoisotopic (exact) mass is 263 g/mol. The van der Waals surface area contributed by atoms with Crippen molar-refractivity contribution in [3.05, 3.63) is 47.4 Å². The maximum atomic E-state index is 12.8. The lowest BCUT2D eigenvalue weighted by atomic mass is 10.1. The minimum Gasteiger partial charge on any atom is -0.424 e. The van der Waals surface area contributed by atoms with Crippen LogP contribution in [0, 0.1) is 5.82 Å². The van der Waals surface area contributed by atoms with Crippen LogP contribution in [0.2, 0.25) is 0 Å². The molecular formula is C14H18FN3O. The Kier molecular flexibility index (Phi) is 3.95. The first-order valence-corrected chi connectivity index (χ1v) is 6.23. The van der Waals surface area contributed by atoms with Gasteiger partial charge in [0.05, 0.1) is 13.0 Å². The van der Waals surface area contributed by atoms with E-state index in [1.807, 2.05) is 0 Å². The Bertz CT molecular complexity index is 528. The molecule has 0 aliphatic rings. The van der Waals surface area contributed by atoms with E-state index in [2.05, 4.69) is 36.3 Å². The molecule has 0 aliphatic heterocycles. The van der Waals surface area contributed by atoms with Crippen molar-refractivity contribution in [2.75, 3.05) is 0 Å². The summed E-state index contributed by atoms with van der Waals surface area (Å²) < 4.78 is 18.3. The number of rotatable bonds is 4. The predicted octanol–water partition coefficient (Wildman–Crippen LogP) is 2.69. The van der Waals surface area contributed by atoms with Gasteiger partial charge in [-0.15, -0.1) is 10.2 Å². The third kappa shape index (κ3) is 4.44. The van der Waals surface area contributed by atoms with E-state index in [1.165, 1.54) is 12.1 Å². The molecule has 0 atom stereocenters. The average molecular weight is 263 g/mol. The minimum absolute atomic E-state index is 0.00555. The second-order valence-corrected chi connectivity index (χ2v) is 5.50. The highest BCUT2D eigenvalue weighted by Gasteiger charge is 2.12. The minimum atomic E-state index is -0.246. The van der Waals surface area contributed by atoms with Crippen LogP contribution in [0.15, 0.2) is 28.7 Å². The Morgan fingerprint density at radius 1 is 1.11 bits per heavy atom. The molecule has 1 N–H and O–H groups in total. The maximum Gasteiger partial charge on any atom is 0.230 e. The molecule has 102 valence electrons. The molecule has 1 aromatic heterocycles. The first-order valence-electron chi connectivity index (χ1n) is 6.23. The fraction of sp³-hybridized carbons (Fsp3) is 0.429. The van der Waals surface area contributed by atoms with Gasteiger partial charge in [-0.1, -0.05) is 12.1 Å². The molecule has 0 fully saturated rings. The summed E-state index contributed by atoms with van der Waals surface area (Å²) in [5, 5.41) is 11.2. The van der Waals surface area contributed by atoms with Gasteiger partial charge in [-0.3, -0.25) is 0 Å². The Hall–Kier alpha value is -1.75. The molecule has 0 unspecified atom stereocenters. The second kappa shape index (κ2) is 5.48. The summed E-state index contributed by atoms with van der Waals surface area (Å²) in [4.78, 5) is 0. The predicted molar refractivity (Wildman–Crippen MR) is 70.1 cm³/mol. The summed E-state index contributed by atoms with van der Waals surface area (Å²) in [5.74, 6) is 0.855. The van der Waals surface area contributed by atoms with Crippen molar-refractivity contribution in [3.8, 4) is 0 Å². The SMILES string of the molecule is CC(C)(C)NCc1nnc(Cc2ccc(F)cc2)o1. The molecule has 1 aromatic carbocycles. The number of benzene rings is 1. The van der Waals surface area contributed by atoms with Crippen molar-refractivity contribution < 1.29 is 8.81 Å². The highest BCUT2D eigenvalue weighted by Crippen LogP contribution is 2.10. The van der Waals surface area contributed by atoms with Crippen molar-refractivity contribution in [1.29, 1.82) is 0 Å². The van der Waals surface area contributed by atoms with Gasteiger partial charge >= 0.3 is 0 Å². The lowest BCUT2D eigenvalue weighted by molar-refractivity contribution is 0.373. The Balaban J connectivity index is 1.95. The van der Waals surface area contributed by atoms with E-state index in [1.54, 1.807) is 12.1 Å². The quantitative estimate of drug-likeness (QED) is 0.921. The fourth-order valence-corrected chi connectivity index (χ4v) is 1.55. The van der Waals surface area contributed by atoms with Gasteiger partial charge in [0, 0.05) is 5.54 Å².